The van der Waals surface area contributed by atoms with Crippen LogP contribution in [-0.4, -0.2) is 40.4 Å². The van der Waals surface area contributed by atoms with Crippen LogP contribution in [0.3, 0.4) is 0 Å². The molecule has 7 nitrogen and oxygen atoms in total. The largest absolute Gasteiger partial charge is 0.497 e. The molecule has 0 aliphatic heterocycles. The summed E-state index contributed by atoms with van der Waals surface area (Å²) in [5.74, 6) is -0.768. The monoisotopic (exact) mass is 395 g/mol. The average Bonchev–Trinajstić information content (AvgIpc) is 3.13. The molecular weight excluding hydrogens is 370 g/mol. The molecule has 0 bridgehead atoms. The average molecular weight is 395 g/mol. The number of carboxylic acid groups (broad SMARTS) is 1. The summed E-state index contributed by atoms with van der Waals surface area (Å²) >= 11 is 0. The van der Waals surface area contributed by atoms with Gasteiger partial charge < -0.3 is 15.2 Å². The van der Waals surface area contributed by atoms with Crippen molar-refractivity contribution in [2.45, 2.75) is 31.7 Å². The topological polar surface area (TPSA) is 93.5 Å². The fraction of sp³-hybridized carbons (Fsp3) is 0.318. The van der Waals surface area contributed by atoms with Crippen molar-refractivity contribution in [3.8, 4) is 5.75 Å². The van der Waals surface area contributed by atoms with Crippen molar-refractivity contribution in [3.63, 3.8) is 0 Å². The third-order valence-corrected chi connectivity index (χ3v) is 4.79. The predicted octanol–water partition coefficient (Wildman–Crippen LogP) is 3.20. The number of aliphatic carboxylic acids is 1. The van der Waals surface area contributed by atoms with Crippen molar-refractivity contribution in [2.75, 3.05) is 13.7 Å². The van der Waals surface area contributed by atoms with Crippen LogP contribution in [0.1, 0.15) is 30.7 Å². The third-order valence-electron chi connectivity index (χ3n) is 4.79. The number of amides is 1. The lowest BCUT2D eigenvalue weighted by Crippen LogP contribution is -2.27. The van der Waals surface area contributed by atoms with E-state index in [0.717, 1.165) is 22.9 Å². The number of aryl methyl sites for hydroxylation is 1. The minimum Gasteiger partial charge on any atom is -0.497 e. The van der Waals surface area contributed by atoms with Crippen LogP contribution in [0.15, 0.2) is 54.7 Å². The molecule has 29 heavy (non-hydrogen) atoms. The van der Waals surface area contributed by atoms with Gasteiger partial charge in [0.1, 0.15) is 5.75 Å². The highest BCUT2D eigenvalue weighted by Crippen LogP contribution is 2.25. The van der Waals surface area contributed by atoms with E-state index in [0.29, 0.717) is 18.8 Å². The van der Waals surface area contributed by atoms with Gasteiger partial charge in [-0.15, -0.1) is 0 Å². The normalized spacial score (nSPS) is 11.9. The van der Waals surface area contributed by atoms with Gasteiger partial charge in [-0.3, -0.25) is 14.3 Å². The first-order chi connectivity index (χ1) is 14.0. The molecule has 0 saturated heterocycles. The van der Waals surface area contributed by atoms with Gasteiger partial charge in [0, 0.05) is 37.0 Å². The summed E-state index contributed by atoms with van der Waals surface area (Å²) in [5, 5.41) is 17.7. The Kier molecular flexibility index (Phi) is 6.84. The molecule has 0 aliphatic carbocycles. The lowest BCUT2D eigenvalue weighted by molar-refractivity contribution is -0.137. The number of rotatable bonds is 10. The first kappa shape index (κ1) is 20.4. The zero-order chi connectivity index (χ0) is 20.6. The highest BCUT2D eigenvalue weighted by molar-refractivity contribution is 5.78. The van der Waals surface area contributed by atoms with Gasteiger partial charge in [0.2, 0.25) is 5.91 Å². The Balaban J connectivity index is 1.49. The van der Waals surface area contributed by atoms with E-state index < -0.39 is 5.97 Å². The Bertz CT molecular complexity index is 933. The second-order valence-electron chi connectivity index (χ2n) is 6.93. The Labute approximate surface area is 169 Å². The summed E-state index contributed by atoms with van der Waals surface area (Å²) in [6.07, 6.45) is 2.76. The molecule has 3 aromatic rings. The zero-order valence-electron chi connectivity index (χ0n) is 16.4. The smallest absolute Gasteiger partial charge is 0.303 e. The SMILES string of the molecule is COc1ccc(C(CC(=O)O)CC(=O)NCCCn2cc3ccccc3n2)cc1. The molecule has 0 fully saturated rings. The molecule has 2 N–H and O–H groups in total. The van der Waals surface area contributed by atoms with E-state index in [4.69, 9.17) is 4.74 Å². The number of methoxy groups -OCH3 is 1. The fourth-order valence-electron chi connectivity index (χ4n) is 3.29. The predicted molar refractivity (Wildman–Crippen MR) is 110 cm³/mol. The Morgan fingerprint density at radius 2 is 1.90 bits per heavy atom. The van der Waals surface area contributed by atoms with Crippen molar-refractivity contribution in [1.29, 1.82) is 0 Å². The Morgan fingerprint density at radius 3 is 2.59 bits per heavy atom. The van der Waals surface area contributed by atoms with Gasteiger partial charge >= 0.3 is 5.97 Å². The molecule has 0 radical (unpaired) electrons. The van der Waals surface area contributed by atoms with E-state index in [-0.39, 0.29) is 24.7 Å². The van der Waals surface area contributed by atoms with Crippen molar-refractivity contribution in [1.82, 2.24) is 15.1 Å². The molecule has 0 spiro atoms. The molecule has 1 atom stereocenters. The molecule has 1 heterocycles. The number of ether oxygens (including phenoxy) is 1. The van der Waals surface area contributed by atoms with Crippen LogP contribution >= 0.6 is 0 Å². The maximum Gasteiger partial charge on any atom is 0.303 e. The summed E-state index contributed by atoms with van der Waals surface area (Å²) < 4.78 is 7.01. The number of hydrogen-bond acceptors (Lipinski definition) is 4. The lowest BCUT2D eigenvalue weighted by Gasteiger charge is -2.16. The molecule has 1 amide bonds. The molecular formula is C22H25N3O4. The Hall–Kier alpha value is -3.35. The maximum atomic E-state index is 12.3. The number of carbonyl (C=O) groups is 2. The number of nitrogens with one attached hydrogen (secondary N) is 1. The van der Waals surface area contributed by atoms with Gasteiger partial charge in [0.15, 0.2) is 0 Å². The fourth-order valence-corrected chi connectivity index (χ4v) is 3.29. The van der Waals surface area contributed by atoms with Crippen LogP contribution in [0.25, 0.3) is 10.9 Å². The minimum absolute atomic E-state index is 0.0976. The molecule has 1 unspecified atom stereocenters. The molecule has 2 aromatic carbocycles. The maximum absolute atomic E-state index is 12.3. The van der Waals surface area contributed by atoms with Crippen LogP contribution in [0.5, 0.6) is 5.75 Å². The molecule has 1 aromatic heterocycles. The van der Waals surface area contributed by atoms with Gasteiger partial charge in [0.05, 0.1) is 19.0 Å². The summed E-state index contributed by atoms with van der Waals surface area (Å²) in [6.45, 7) is 1.21. The Morgan fingerprint density at radius 1 is 1.14 bits per heavy atom. The molecule has 7 heteroatoms. The summed E-state index contributed by atoms with van der Waals surface area (Å²) in [6, 6.07) is 15.1. The van der Waals surface area contributed by atoms with Crippen LogP contribution in [0, 0.1) is 0 Å². The van der Waals surface area contributed by atoms with E-state index in [1.807, 2.05) is 47.3 Å². The molecule has 3 rings (SSSR count). The lowest BCUT2D eigenvalue weighted by atomic mass is 9.92. The van der Waals surface area contributed by atoms with Crippen molar-refractivity contribution < 1.29 is 19.4 Å². The van der Waals surface area contributed by atoms with E-state index in [1.54, 1.807) is 19.2 Å². The molecule has 152 valence electrons. The standard InChI is InChI=1S/C22H25N3O4/c1-29-19-9-7-16(8-10-19)18(14-22(27)28)13-21(26)23-11-4-12-25-15-17-5-2-3-6-20(17)24-25/h2-3,5-10,15,18H,4,11-14H2,1H3,(H,23,26)(H,27,28). The first-order valence-corrected chi connectivity index (χ1v) is 9.60. The van der Waals surface area contributed by atoms with Crippen molar-refractivity contribution in [3.05, 3.63) is 60.3 Å². The number of nitrogens with zero attached hydrogens (tertiary/aromatic N) is 2. The highest BCUT2D eigenvalue weighted by Gasteiger charge is 2.19. The van der Waals surface area contributed by atoms with Crippen LogP contribution in [0.4, 0.5) is 0 Å². The van der Waals surface area contributed by atoms with E-state index >= 15 is 0 Å². The van der Waals surface area contributed by atoms with Crippen LogP contribution in [0.2, 0.25) is 0 Å². The number of fused-ring (bicyclic) bond motifs is 1. The third kappa shape index (κ3) is 5.81. The first-order valence-electron chi connectivity index (χ1n) is 9.60. The second kappa shape index (κ2) is 9.73. The van der Waals surface area contributed by atoms with E-state index in [1.165, 1.54) is 0 Å². The number of benzene rings is 2. The summed E-state index contributed by atoms with van der Waals surface area (Å²) in [4.78, 5) is 23.5. The quantitative estimate of drug-likeness (QED) is 0.514. The number of aromatic nitrogens is 2. The molecule has 0 saturated carbocycles. The van der Waals surface area contributed by atoms with Crippen molar-refractivity contribution >= 4 is 22.8 Å². The molecule has 0 aliphatic rings. The van der Waals surface area contributed by atoms with Gasteiger partial charge in [-0.2, -0.15) is 5.10 Å². The van der Waals surface area contributed by atoms with Crippen LogP contribution in [-0.2, 0) is 16.1 Å². The van der Waals surface area contributed by atoms with Gasteiger partial charge in [0.25, 0.3) is 0 Å². The van der Waals surface area contributed by atoms with Gasteiger partial charge in [-0.1, -0.05) is 30.3 Å². The number of hydrogen-bond donors (Lipinski definition) is 2. The zero-order valence-corrected chi connectivity index (χ0v) is 16.4. The van der Waals surface area contributed by atoms with E-state index in [2.05, 4.69) is 10.4 Å². The van der Waals surface area contributed by atoms with Gasteiger partial charge in [-0.25, -0.2) is 0 Å². The van der Waals surface area contributed by atoms with Crippen molar-refractivity contribution in [2.24, 2.45) is 0 Å². The second-order valence-corrected chi connectivity index (χ2v) is 6.93. The number of carboxylic acids is 1. The van der Waals surface area contributed by atoms with Crippen LogP contribution < -0.4 is 10.1 Å². The number of carbonyl (C=O) groups excluding carboxylic acids is 1. The highest BCUT2D eigenvalue weighted by atomic mass is 16.5. The van der Waals surface area contributed by atoms with E-state index in [9.17, 15) is 14.7 Å². The summed E-state index contributed by atoms with van der Waals surface area (Å²) in [5.41, 5.74) is 1.76. The minimum atomic E-state index is -0.927. The summed E-state index contributed by atoms with van der Waals surface area (Å²) in [7, 11) is 1.57. The van der Waals surface area contributed by atoms with Gasteiger partial charge in [-0.05, 0) is 30.2 Å².